The molecule has 0 aromatic carbocycles. The molecule has 0 radical (unpaired) electrons. The fraction of sp³-hybridized carbons (Fsp3) is 0.882. The molecule has 23 heavy (non-hydrogen) atoms. The fourth-order valence-electron chi connectivity index (χ4n) is 2.49. The normalized spacial score (nSPS) is 19.4. The van der Waals surface area contributed by atoms with Crippen LogP contribution in [0.15, 0.2) is 0 Å². The highest BCUT2D eigenvalue weighted by atomic mass is 32.2. The third kappa shape index (κ3) is 6.61. The van der Waals surface area contributed by atoms with Crippen molar-refractivity contribution in [3.63, 3.8) is 0 Å². The number of carbonyl (C=O) groups excluding carboxylic acids is 2. The second-order valence-electron chi connectivity index (χ2n) is 7.92. The van der Waals surface area contributed by atoms with Crippen molar-refractivity contribution in [3.05, 3.63) is 0 Å². The summed E-state index contributed by atoms with van der Waals surface area (Å²) in [6.07, 6.45) is 2.21. The van der Waals surface area contributed by atoms with E-state index < -0.39 is 11.6 Å². The minimum Gasteiger partial charge on any atom is -0.444 e. The van der Waals surface area contributed by atoms with Crippen LogP contribution in [0.3, 0.4) is 0 Å². The van der Waals surface area contributed by atoms with Gasteiger partial charge in [-0.1, -0.05) is 0 Å². The fourth-order valence-corrected chi connectivity index (χ4v) is 3.49. The van der Waals surface area contributed by atoms with E-state index in [1.165, 1.54) is 11.9 Å². The van der Waals surface area contributed by atoms with E-state index in [0.717, 1.165) is 12.8 Å². The molecule has 1 saturated heterocycles. The summed E-state index contributed by atoms with van der Waals surface area (Å²) in [7, 11) is 0. The first-order valence-electron chi connectivity index (χ1n) is 8.45. The van der Waals surface area contributed by atoms with Crippen molar-refractivity contribution in [1.29, 1.82) is 0 Å². The number of piperidine rings is 1. The molecule has 0 aromatic heterocycles. The third-order valence-corrected chi connectivity index (χ3v) is 4.54. The molecule has 0 spiro atoms. The summed E-state index contributed by atoms with van der Waals surface area (Å²) >= 11 is 1.54. The lowest BCUT2D eigenvalue weighted by Gasteiger charge is -2.38. The molecular formula is C17H32N2O3S. The largest absolute Gasteiger partial charge is 0.444 e. The van der Waals surface area contributed by atoms with E-state index in [2.05, 4.69) is 20.8 Å². The van der Waals surface area contributed by atoms with Crippen molar-refractivity contribution in [1.82, 2.24) is 9.21 Å². The molecule has 1 aliphatic rings. The summed E-state index contributed by atoms with van der Waals surface area (Å²) in [6, 6.07) is -0.409. The van der Waals surface area contributed by atoms with E-state index >= 15 is 0 Å². The maximum atomic E-state index is 12.9. The first-order valence-corrected chi connectivity index (χ1v) is 9.22. The molecule has 1 heterocycles. The number of rotatable bonds is 3. The smallest absolute Gasteiger partial charge is 0.410 e. The van der Waals surface area contributed by atoms with Crippen molar-refractivity contribution >= 4 is 23.9 Å². The SMILES string of the molecule is CCN(SC(C)(C)C)C(=O)C1CCCCN1C(=O)OC(C)(C)C. The van der Waals surface area contributed by atoms with Crippen molar-refractivity contribution in [2.24, 2.45) is 0 Å². The van der Waals surface area contributed by atoms with Crippen molar-refractivity contribution in [2.45, 2.75) is 84.1 Å². The second kappa shape index (κ2) is 7.77. The first kappa shape index (κ1) is 20.1. The van der Waals surface area contributed by atoms with Gasteiger partial charge >= 0.3 is 6.09 Å². The summed E-state index contributed by atoms with van der Waals surface area (Å²) < 4.78 is 7.22. The molecular weight excluding hydrogens is 312 g/mol. The van der Waals surface area contributed by atoms with E-state index in [1.54, 1.807) is 9.21 Å². The Balaban J connectivity index is 2.87. The van der Waals surface area contributed by atoms with Crippen LogP contribution in [0.2, 0.25) is 0 Å². The van der Waals surface area contributed by atoms with Crippen molar-refractivity contribution < 1.29 is 14.3 Å². The molecule has 2 amide bonds. The highest BCUT2D eigenvalue weighted by Crippen LogP contribution is 2.30. The highest BCUT2D eigenvalue weighted by Gasteiger charge is 2.37. The molecule has 134 valence electrons. The van der Waals surface area contributed by atoms with Crippen molar-refractivity contribution in [3.8, 4) is 0 Å². The Kier molecular flexibility index (Phi) is 6.81. The molecule has 0 bridgehead atoms. The third-order valence-electron chi connectivity index (χ3n) is 3.33. The number of amides is 2. The molecule has 0 aliphatic carbocycles. The standard InChI is InChI=1S/C17H32N2O3S/c1-8-19(23-17(5,6)7)14(20)13-11-9-10-12-18(13)15(21)22-16(2,3)4/h13H,8-12H2,1-7H3. The van der Waals surface area contributed by atoms with Crippen LogP contribution in [0.4, 0.5) is 4.79 Å². The molecule has 0 N–H and O–H groups in total. The van der Waals surface area contributed by atoms with E-state index in [1.807, 2.05) is 27.7 Å². The average Bonchev–Trinajstić information content (AvgIpc) is 2.41. The number of hydrogen-bond donors (Lipinski definition) is 0. The molecule has 1 atom stereocenters. The molecule has 5 nitrogen and oxygen atoms in total. The topological polar surface area (TPSA) is 49.9 Å². The maximum absolute atomic E-state index is 12.9. The predicted molar refractivity (Wildman–Crippen MR) is 95.3 cm³/mol. The lowest BCUT2D eigenvalue weighted by Crippen LogP contribution is -2.53. The monoisotopic (exact) mass is 344 g/mol. The molecule has 1 aliphatic heterocycles. The minimum absolute atomic E-state index is 0.0120. The molecule has 1 unspecified atom stereocenters. The van der Waals surface area contributed by atoms with Gasteiger partial charge in [0.1, 0.15) is 11.6 Å². The van der Waals surface area contributed by atoms with Gasteiger partial charge in [-0.05, 0) is 79.7 Å². The quantitative estimate of drug-likeness (QED) is 0.724. The van der Waals surface area contributed by atoms with Crippen LogP contribution in [0, 0.1) is 0 Å². The van der Waals surface area contributed by atoms with Crippen LogP contribution in [-0.4, -0.2) is 50.7 Å². The Bertz CT molecular complexity index is 427. The van der Waals surface area contributed by atoms with Crippen molar-refractivity contribution in [2.75, 3.05) is 13.1 Å². The summed E-state index contributed by atoms with van der Waals surface area (Å²) in [5, 5.41) is 0. The van der Waals surface area contributed by atoms with Crippen LogP contribution in [0.5, 0.6) is 0 Å². The van der Waals surface area contributed by atoms with E-state index in [-0.39, 0.29) is 16.7 Å². The predicted octanol–water partition coefficient (Wildman–Crippen LogP) is 4.07. The Morgan fingerprint density at radius 2 is 1.78 bits per heavy atom. The van der Waals surface area contributed by atoms with Crippen LogP contribution in [0.1, 0.15) is 67.7 Å². The minimum atomic E-state index is -0.549. The van der Waals surface area contributed by atoms with Gasteiger partial charge in [0.15, 0.2) is 0 Å². The van der Waals surface area contributed by atoms with Gasteiger partial charge in [-0.25, -0.2) is 4.79 Å². The number of hydrogen-bond acceptors (Lipinski definition) is 4. The van der Waals surface area contributed by atoms with Gasteiger partial charge in [0.25, 0.3) is 5.91 Å². The van der Waals surface area contributed by atoms with Crippen LogP contribution in [0.25, 0.3) is 0 Å². The lowest BCUT2D eigenvalue weighted by molar-refractivity contribution is -0.132. The van der Waals surface area contributed by atoms with Gasteiger partial charge in [-0.2, -0.15) is 0 Å². The zero-order valence-electron chi connectivity index (χ0n) is 15.6. The average molecular weight is 345 g/mol. The van der Waals surface area contributed by atoms with E-state index in [9.17, 15) is 9.59 Å². The van der Waals surface area contributed by atoms with Gasteiger partial charge in [-0.3, -0.25) is 14.0 Å². The zero-order chi connectivity index (χ0) is 17.8. The van der Waals surface area contributed by atoms with Gasteiger partial charge in [0.05, 0.1) is 0 Å². The number of likely N-dealkylation sites (N-methyl/N-ethyl adjacent to an activating group) is 1. The molecule has 6 heteroatoms. The van der Waals surface area contributed by atoms with Gasteiger partial charge in [-0.15, -0.1) is 0 Å². The van der Waals surface area contributed by atoms with Crippen LogP contribution >= 0.6 is 11.9 Å². The first-order chi connectivity index (χ1) is 10.4. The maximum Gasteiger partial charge on any atom is 0.410 e. The summed E-state index contributed by atoms with van der Waals surface area (Å²) in [4.78, 5) is 27.0. The van der Waals surface area contributed by atoms with Gasteiger partial charge in [0.2, 0.25) is 0 Å². The highest BCUT2D eigenvalue weighted by molar-refractivity contribution is 7.98. The Morgan fingerprint density at radius 3 is 2.26 bits per heavy atom. The van der Waals surface area contributed by atoms with Gasteiger partial charge in [0, 0.05) is 17.8 Å². The Morgan fingerprint density at radius 1 is 1.17 bits per heavy atom. The molecule has 0 saturated carbocycles. The number of nitrogens with zero attached hydrogens (tertiary/aromatic N) is 2. The Labute approximate surface area is 145 Å². The number of carbonyl (C=O) groups is 2. The van der Waals surface area contributed by atoms with E-state index in [4.69, 9.17) is 4.74 Å². The zero-order valence-corrected chi connectivity index (χ0v) is 16.5. The lowest BCUT2D eigenvalue weighted by atomic mass is 10.0. The number of likely N-dealkylation sites (tertiary alicyclic amines) is 1. The summed E-state index contributed by atoms with van der Waals surface area (Å²) in [5.74, 6) is 0.0120. The van der Waals surface area contributed by atoms with Crippen LogP contribution < -0.4 is 0 Å². The van der Waals surface area contributed by atoms with Crippen LogP contribution in [-0.2, 0) is 9.53 Å². The molecule has 1 rings (SSSR count). The van der Waals surface area contributed by atoms with E-state index in [0.29, 0.717) is 19.5 Å². The van der Waals surface area contributed by atoms with Gasteiger partial charge < -0.3 is 4.74 Å². The Hall–Kier alpha value is -0.910. The second-order valence-corrected chi connectivity index (χ2v) is 9.77. The molecule has 0 aromatic rings. The summed E-state index contributed by atoms with van der Waals surface area (Å²) in [6.45, 7) is 15.0. The summed E-state index contributed by atoms with van der Waals surface area (Å²) in [5.41, 5.74) is -0.549. The number of ether oxygens (including phenoxy) is 1. The molecule has 1 fully saturated rings.